The molecule has 0 bridgehead atoms. The Balaban J connectivity index is 1.39. The normalized spacial score (nSPS) is 25.8. The lowest BCUT2D eigenvalue weighted by atomic mass is 9.73. The summed E-state index contributed by atoms with van der Waals surface area (Å²) in [4.78, 5) is 0. The summed E-state index contributed by atoms with van der Waals surface area (Å²) in [5.41, 5.74) is -2.12. The van der Waals surface area contributed by atoms with E-state index in [-0.39, 0.29) is 0 Å². The molecule has 1 aliphatic heterocycles. The molecule has 0 amide bonds. The predicted octanol–water partition coefficient (Wildman–Crippen LogP) is 8.50. The molecule has 36 heavy (non-hydrogen) atoms. The standard InChI is InChI=1S/C29H41F5OSi/c1-2-3-4-5-6-17-36-18-15-23(16-19-36)22-9-7-21(8-10-22)20-25(35)13-11-24-12-14-26(29(32,33)34)28(31)27(24)30/h12,14,21-23,25,35-36H,2-10,15-20H2,1H3/t21-,22-,23-,25?,36-. The quantitative estimate of drug-likeness (QED) is 0.147. The molecule has 1 saturated carbocycles. The molecule has 0 aromatic heterocycles. The third-order valence-corrected chi connectivity index (χ3v) is 12.0. The van der Waals surface area contributed by atoms with Crippen molar-refractivity contribution in [3.05, 3.63) is 34.9 Å². The lowest BCUT2D eigenvalue weighted by Crippen LogP contribution is -2.29. The summed E-state index contributed by atoms with van der Waals surface area (Å²) in [5, 5.41) is 10.3. The van der Waals surface area contributed by atoms with Gasteiger partial charge in [0.05, 0.1) is 11.1 Å². The first-order valence-electron chi connectivity index (χ1n) is 13.9. The molecule has 202 valence electrons. The Morgan fingerprint density at radius 2 is 1.56 bits per heavy atom. The summed E-state index contributed by atoms with van der Waals surface area (Å²) >= 11 is 0. The van der Waals surface area contributed by atoms with Crippen LogP contribution < -0.4 is 0 Å². The van der Waals surface area contributed by atoms with Crippen LogP contribution in [0.25, 0.3) is 0 Å². The van der Waals surface area contributed by atoms with Crippen LogP contribution in [-0.4, -0.2) is 20.0 Å². The molecule has 0 radical (unpaired) electrons. The zero-order valence-corrected chi connectivity index (χ0v) is 22.6. The molecule has 7 heteroatoms. The Kier molecular flexibility index (Phi) is 11.3. The fraction of sp³-hybridized carbons (Fsp3) is 0.724. The molecular weight excluding hydrogens is 487 g/mol. The van der Waals surface area contributed by atoms with Crippen LogP contribution >= 0.6 is 0 Å². The minimum absolute atomic E-state index is 0.341. The number of aliphatic hydroxyl groups is 1. The molecule has 1 aromatic carbocycles. The molecule has 3 rings (SSSR count). The van der Waals surface area contributed by atoms with E-state index in [1.807, 2.05) is 0 Å². The first-order valence-corrected chi connectivity index (χ1v) is 16.4. The second kappa shape index (κ2) is 14.0. The van der Waals surface area contributed by atoms with E-state index in [0.717, 1.165) is 30.7 Å². The van der Waals surface area contributed by atoms with Gasteiger partial charge in [-0.15, -0.1) is 0 Å². The van der Waals surface area contributed by atoms with Crippen LogP contribution in [0.3, 0.4) is 0 Å². The first kappa shape index (κ1) is 29.2. The van der Waals surface area contributed by atoms with Crippen LogP contribution in [0.5, 0.6) is 0 Å². The van der Waals surface area contributed by atoms with Crippen LogP contribution in [0.15, 0.2) is 12.1 Å². The number of rotatable bonds is 9. The smallest absolute Gasteiger partial charge is 0.380 e. The number of halogens is 5. The van der Waals surface area contributed by atoms with Crippen LogP contribution in [0.4, 0.5) is 22.0 Å². The van der Waals surface area contributed by atoms with Crippen LogP contribution in [0.2, 0.25) is 18.1 Å². The van der Waals surface area contributed by atoms with Gasteiger partial charge in [-0.2, -0.15) is 13.2 Å². The number of hydrogen-bond acceptors (Lipinski definition) is 1. The van der Waals surface area contributed by atoms with Gasteiger partial charge in [0.2, 0.25) is 0 Å². The predicted molar refractivity (Wildman–Crippen MR) is 137 cm³/mol. The van der Waals surface area contributed by atoms with Gasteiger partial charge in [0.25, 0.3) is 0 Å². The molecule has 1 N–H and O–H groups in total. The van der Waals surface area contributed by atoms with E-state index < -0.39 is 43.8 Å². The minimum atomic E-state index is -4.97. The largest absolute Gasteiger partial charge is 0.419 e. The number of aliphatic hydroxyl groups excluding tert-OH is 1. The van der Waals surface area contributed by atoms with Crippen molar-refractivity contribution in [3.8, 4) is 11.8 Å². The zero-order valence-electron chi connectivity index (χ0n) is 21.5. The van der Waals surface area contributed by atoms with Gasteiger partial charge in [0.15, 0.2) is 11.6 Å². The molecule has 2 fully saturated rings. The molecule has 1 heterocycles. The highest BCUT2D eigenvalue weighted by atomic mass is 28.3. The maximum absolute atomic E-state index is 14.0. The molecule has 1 atom stereocenters. The molecule has 1 saturated heterocycles. The summed E-state index contributed by atoms with van der Waals surface area (Å²) in [6.45, 7) is 2.26. The molecule has 1 aliphatic carbocycles. The molecule has 0 spiro atoms. The Morgan fingerprint density at radius 3 is 2.19 bits per heavy atom. The fourth-order valence-electron chi connectivity index (χ4n) is 6.28. The Hall–Kier alpha value is -1.39. The van der Waals surface area contributed by atoms with Gasteiger partial charge in [-0.1, -0.05) is 94.7 Å². The van der Waals surface area contributed by atoms with Gasteiger partial charge in [-0.3, -0.25) is 0 Å². The lowest BCUT2D eigenvalue weighted by Gasteiger charge is -2.37. The summed E-state index contributed by atoms with van der Waals surface area (Å²) in [6, 6.07) is 5.85. The number of benzene rings is 1. The number of alkyl halides is 3. The molecular formula is C29H41F5OSi. The van der Waals surface area contributed by atoms with Gasteiger partial charge in [0.1, 0.15) is 6.10 Å². The Labute approximate surface area is 214 Å². The van der Waals surface area contributed by atoms with Gasteiger partial charge < -0.3 is 5.11 Å². The topological polar surface area (TPSA) is 20.2 Å². The SMILES string of the molecule is CCCCCCC[Si@H]1CC[C@H]([C@H]2CC[C@H](CC(O)C#Cc3ccc(C(F)(F)F)c(F)c3F)CC2)CC1. The van der Waals surface area contributed by atoms with Crippen molar-refractivity contribution in [2.45, 2.75) is 114 Å². The average Bonchev–Trinajstić information content (AvgIpc) is 2.85. The Morgan fingerprint density at radius 1 is 0.917 bits per heavy atom. The molecule has 1 nitrogen and oxygen atoms in total. The second-order valence-corrected chi connectivity index (χ2v) is 14.5. The molecule has 1 unspecified atom stereocenters. The summed E-state index contributed by atoms with van der Waals surface area (Å²) < 4.78 is 65.8. The lowest BCUT2D eigenvalue weighted by molar-refractivity contribution is -0.140. The van der Waals surface area contributed by atoms with E-state index in [9.17, 15) is 27.1 Å². The third kappa shape index (κ3) is 8.58. The molecule has 2 aliphatic rings. The first-order chi connectivity index (χ1) is 17.2. The van der Waals surface area contributed by atoms with Crippen molar-refractivity contribution in [1.82, 2.24) is 0 Å². The van der Waals surface area contributed by atoms with E-state index in [0.29, 0.717) is 18.4 Å². The minimum Gasteiger partial charge on any atom is -0.380 e. The fourth-order valence-corrected chi connectivity index (χ4v) is 9.81. The second-order valence-electron chi connectivity index (χ2n) is 11.1. The summed E-state index contributed by atoms with van der Waals surface area (Å²) in [5.74, 6) is 3.24. The van der Waals surface area contributed by atoms with E-state index in [2.05, 4.69) is 18.8 Å². The van der Waals surface area contributed by atoms with Gasteiger partial charge in [0, 0.05) is 8.80 Å². The van der Waals surface area contributed by atoms with E-state index in [1.165, 1.54) is 75.9 Å². The Bertz CT molecular complexity index is 874. The highest BCUT2D eigenvalue weighted by Crippen LogP contribution is 2.42. The highest BCUT2D eigenvalue weighted by Gasteiger charge is 2.36. The maximum atomic E-state index is 14.0. The summed E-state index contributed by atoms with van der Waals surface area (Å²) in [6.07, 6.45) is 8.68. The summed E-state index contributed by atoms with van der Waals surface area (Å²) in [7, 11) is -0.509. The monoisotopic (exact) mass is 528 g/mol. The maximum Gasteiger partial charge on any atom is 0.419 e. The average molecular weight is 529 g/mol. The van der Waals surface area contributed by atoms with Crippen molar-refractivity contribution in [2.24, 2.45) is 17.8 Å². The van der Waals surface area contributed by atoms with Crippen molar-refractivity contribution >= 4 is 8.80 Å². The molecule has 1 aromatic rings. The van der Waals surface area contributed by atoms with Crippen molar-refractivity contribution in [3.63, 3.8) is 0 Å². The number of hydrogen-bond donors (Lipinski definition) is 1. The van der Waals surface area contributed by atoms with Gasteiger partial charge in [-0.25, -0.2) is 8.78 Å². The van der Waals surface area contributed by atoms with Crippen LogP contribution in [0.1, 0.15) is 95.1 Å². The van der Waals surface area contributed by atoms with Gasteiger partial charge >= 0.3 is 6.18 Å². The highest BCUT2D eigenvalue weighted by molar-refractivity contribution is 6.58. The van der Waals surface area contributed by atoms with E-state index in [4.69, 9.17) is 0 Å². The van der Waals surface area contributed by atoms with Crippen molar-refractivity contribution in [2.75, 3.05) is 0 Å². The van der Waals surface area contributed by atoms with Crippen molar-refractivity contribution < 1.29 is 27.1 Å². The van der Waals surface area contributed by atoms with Crippen LogP contribution in [0, 0.1) is 41.2 Å². The zero-order chi connectivity index (χ0) is 26.1. The van der Waals surface area contributed by atoms with Gasteiger partial charge in [-0.05, 0) is 49.1 Å². The van der Waals surface area contributed by atoms with E-state index in [1.54, 1.807) is 0 Å². The van der Waals surface area contributed by atoms with Crippen LogP contribution in [-0.2, 0) is 6.18 Å². The van der Waals surface area contributed by atoms with E-state index >= 15 is 0 Å². The van der Waals surface area contributed by atoms with Crippen molar-refractivity contribution in [1.29, 1.82) is 0 Å². The number of unbranched alkanes of at least 4 members (excludes halogenated alkanes) is 4. The third-order valence-electron chi connectivity index (χ3n) is 8.48.